The Morgan fingerprint density at radius 3 is 2.43 bits per heavy atom. The number of carbonyl (C=O) groups excluding carboxylic acids is 1. The molecule has 118 valence electrons. The summed E-state index contributed by atoms with van der Waals surface area (Å²) < 4.78 is 26.4. The number of sulfonamides is 1. The van der Waals surface area contributed by atoms with Gasteiger partial charge < -0.3 is 10.4 Å². The summed E-state index contributed by atoms with van der Waals surface area (Å²) in [6, 6.07) is 3.01. The third-order valence-electron chi connectivity index (χ3n) is 3.18. The van der Waals surface area contributed by atoms with Gasteiger partial charge >= 0.3 is 0 Å². The molecule has 0 radical (unpaired) electrons. The molecule has 1 aromatic heterocycles. The largest absolute Gasteiger partial charge is 0.381 e. The molecular formula is C13H20N2O4S2. The van der Waals surface area contributed by atoms with Gasteiger partial charge in [-0.3, -0.25) is 4.79 Å². The zero-order valence-corrected chi connectivity index (χ0v) is 14.1. The summed E-state index contributed by atoms with van der Waals surface area (Å²) in [6.07, 6.45) is 0. The number of aliphatic hydroxyl groups is 1. The molecule has 1 saturated heterocycles. The topological polar surface area (TPSA) is 86.7 Å². The molecule has 0 unspecified atom stereocenters. The summed E-state index contributed by atoms with van der Waals surface area (Å²) in [5.41, 5.74) is -1.49. The summed E-state index contributed by atoms with van der Waals surface area (Å²) in [6.45, 7) is 7.77. The maximum atomic E-state index is 12.4. The fraction of sp³-hybridized carbons (Fsp3) is 0.615. The first-order valence-electron chi connectivity index (χ1n) is 6.56. The van der Waals surface area contributed by atoms with Crippen molar-refractivity contribution in [2.24, 2.45) is 5.41 Å². The maximum absolute atomic E-state index is 12.4. The first kappa shape index (κ1) is 16.4. The molecule has 1 aliphatic rings. The van der Waals surface area contributed by atoms with Crippen LogP contribution < -0.4 is 5.32 Å². The second-order valence-electron chi connectivity index (χ2n) is 6.57. The fourth-order valence-corrected chi connectivity index (χ4v) is 5.17. The minimum Gasteiger partial charge on any atom is -0.381 e. The van der Waals surface area contributed by atoms with E-state index in [0.29, 0.717) is 18.1 Å². The summed E-state index contributed by atoms with van der Waals surface area (Å²) >= 11 is 0.989. The van der Waals surface area contributed by atoms with Gasteiger partial charge in [0.1, 0.15) is 9.81 Å². The lowest BCUT2D eigenvalue weighted by Gasteiger charge is -2.44. The van der Waals surface area contributed by atoms with Gasteiger partial charge in [0.05, 0.1) is 5.00 Å². The van der Waals surface area contributed by atoms with Crippen LogP contribution >= 0.6 is 11.3 Å². The number of rotatable bonds is 4. The number of amides is 1. The van der Waals surface area contributed by atoms with Crippen molar-refractivity contribution in [2.45, 2.75) is 37.5 Å². The predicted octanol–water partition coefficient (Wildman–Crippen LogP) is 1.49. The van der Waals surface area contributed by atoms with E-state index in [1.807, 2.05) is 13.8 Å². The van der Waals surface area contributed by atoms with E-state index in [1.54, 1.807) is 0 Å². The van der Waals surface area contributed by atoms with Crippen molar-refractivity contribution in [3.05, 3.63) is 12.1 Å². The molecule has 0 atom stereocenters. The van der Waals surface area contributed by atoms with E-state index in [2.05, 4.69) is 5.32 Å². The highest BCUT2D eigenvalue weighted by atomic mass is 32.2. The van der Waals surface area contributed by atoms with Crippen molar-refractivity contribution in [3.63, 3.8) is 0 Å². The van der Waals surface area contributed by atoms with Crippen LogP contribution in [0.25, 0.3) is 0 Å². The molecule has 1 fully saturated rings. The van der Waals surface area contributed by atoms with Gasteiger partial charge in [-0.15, -0.1) is 11.3 Å². The van der Waals surface area contributed by atoms with E-state index in [9.17, 15) is 18.3 Å². The molecule has 8 heteroatoms. The molecule has 2 N–H and O–H groups in total. The Kier molecular flexibility index (Phi) is 3.94. The van der Waals surface area contributed by atoms with Gasteiger partial charge in [0, 0.05) is 13.1 Å². The van der Waals surface area contributed by atoms with Crippen molar-refractivity contribution >= 4 is 32.3 Å². The molecule has 1 aromatic rings. The predicted molar refractivity (Wildman–Crippen MR) is 81.8 cm³/mol. The normalized spacial score (nSPS) is 19.1. The summed E-state index contributed by atoms with van der Waals surface area (Å²) in [5, 5.41) is 12.5. The molecule has 0 aliphatic carbocycles. The molecule has 2 heterocycles. The second-order valence-corrected chi connectivity index (χ2v) is 9.82. The Morgan fingerprint density at radius 2 is 1.95 bits per heavy atom. The zero-order chi connectivity index (χ0) is 16.1. The van der Waals surface area contributed by atoms with E-state index in [1.165, 1.54) is 30.3 Å². The smallest absolute Gasteiger partial charge is 0.256 e. The number of anilines is 1. The third-order valence-corrected chi connectivity index (χ3v) is 6.44. The van der Waals surface area contributed by atoms with Crippen LogP contribution in [0.1, 0.15) is 27.7 Å². The second kappa shape index (κ2) is 5.05. The van der Waals surface area contributed by atoms with Crippen molar-refractivity contribution in [1.82, 2.24) is 4.31 Å². The molecule has 0 aromatic carbocycles. The molecule has 0 bridgehead atoms. The first-order valence-corrected chi connectivity index (χ1v) is 8.81. The molecule has 6 nitrogen and oxygen atoms in total. The van der Waals surface area contributed by atoms with Crippen LogP contribution in [0.2, 0.25) is 0 Å². The van der Waals surface area contributed by atoms with Crippen LogP contribution in [0, 0.1) is 5.41 Å². The van der Waals surface area contributed by atoms with Crippen molar-refractivity contribution in [2.75, 3.05) is 18.4 Å². The number of nitrogens with zero attached hydrogens (tertiary/aromatic N) is 1. The van der Waals surface area contributed by atoms with Gasteiger partial charge in [-0.2, -0.15) is 4.31 Å². The molecule has 21 heavy (non-hydrogen) atoms. The average molecular weight is 332 g/mol. The van der Waals surface area contributed by atoms with E-state index in [0.717, 1.165) is 11.3 Å². The SMILES string of the molecule is CC1(C)CN(S(=O)(=O)c2ccc(NC(=O)C(C)(C)O)s2)C1. The van der Waals surface area contributed by atoms with Crippen LogP contribution in [-0.4, -0.2) is 42.4 Å². The highest BCUT2D eigenvalue weighted by molar-refractivity contribution is 7.91. The lowest BCUT2D eigenvalue weighted by Crippen LogP contribution is -2.55. The summed E-state index contributed by atoms with van der Waals surface area (Å²) in [7, 11) is -3.49. The number of thiophene rings is 1. The van der Waals surface area contributed by atoms with E-state index < -0.39 is 21.5 Å². The zero-order valence-electron chi connectivity index (χ0n) is 12.5. The fourth-order valence-electron chi connectivity index (χ4n) is 2.00. The van der Waals surface area contributed by atoms with Gasteiger partial charge in [0.2, 0.25) is 0 Å². The highest BCUT2D eigenvalue weighted by Gasteiger charge is 2.42. The van der Waals surface area contributed by atoms with Crippen molar-refractivity contribution in [3.8, 4) is 0 Å². The standard InChI is InChI=1S/C13H20N2O4S2/c1-12(2)7-15(8-12)21(18,19)10-6-5-9(20-10)14-11(16)13(3,4)17/h5-6,17H,7-8H2,1-4H3,(H,14,16). The number of nitrogens with one attached hydrogen (secondary N) is 1. The first-order chi connectivity index (χ1) is 9.42. The van der Waals surface area contributed by atoms with E-state index in [4.69, 9.17) is 0 Å². The Hall–Kier alpha value is -0.960. The highest BCUT2D eigenvalue weighted by Crippen LogP contribution is 2.36. The summed E-state index contributed by atoms with van der Waals surface area (Å²) in [4.78, 5) is 11.7. The molecule has 1 aliphatic heterocycles. The van der Waals surface area contributed by atoms with Gasteiger partial charge in [-0.1, -0.05) is 13.8 Å². The molecule has 1 amide bonds. The number of carbonyl (C=O) groups is 1. The number of hydrogen-bond acceptors (Lipinski definition) is 5. The van der Waals surface area contributed by atoms with E-state index in [-0.39, 0.29) is 9.62 Å². The van der Waals surface area contributed by atoms with Crippen LogP contribution in [0.3, 0.4) is 0 Å². The van der Waals surface area contributed by atoms with Crippen LogP contribution in [-0.2, 0) is 14.8 Å². The minimum absolute atomic E-state index is 0.0162. The van der Waals surface area contributed by atoms with Crippen molar-refractivity contribution in [1.29, 1.82) is 0 Å². The maximum Gasteiger partial charge on any atom is 0.256 e. The monoisotopic (exact) mass is 332 g/mol. The van der Waals surface area contributed by atoms with Gasteiger partial charge in [-0.05, 0) is 31.4 Å². The average Bonchev–Trinajstić information content (AvgIpc) is 2.73. The lowest BCUT2D eigenvalue weighted by atomic mass is 9.87. The minimum atomic E-state index is -3.49. The van der Waals surface area contributed by atoms with Crippen LogP contribution in [0.4, 0.5) is 5.00 Å². The Morgan fingerprint density at radius 1 is 1.38 bits per heavy atom. The Bertz CT molecular complexity index is 648. The van der Waals surface area contributed by atoms with Gasteiger partial charge in [-0.25, -0.2) is 8.42 Å². The van der Waals surface area contributed by atoms with Crippen molar-refractivity contribution < 1.29 is 18.3 Å². The summed E-state index contributed by atoms with van der Waals surface area (Å²) in [5.74, 6) is -0.571. The van der Waals surface area contributed by atoms with Gasteiger partial charge in [0.15, 0.2) is 0 Å². The molecule has 2 rings (SSSR count). The molecular weight excluding hydrogens is 312 g/mol. The van der Waals surface area contributed by atoms with Gasteiger partial charge in [0.25, 0.3) is 15.9 Å². The Labute approximate surface area is 128 Å². The van der Waals surface area contributed by atoms with Crippen LogP contribution in [0.15, 0.2) is 16.3 Å². The molecule has 0 saturated carbocycles. The molecule has 0 spiro atoms. The quantitative estimate of drug-likeness (QED) is 0.874. The third kappa shape index (κ3) is 3.45. The lowest BCUT2D eigenvalue weighted by molar-refractivity contribution is -0.130. The Balaban J connectivity index is 2.12. The van der Waals surface area contributed by atoms with Crippen LogP contribution in [0.5, 0.6) is 0 Å². The van der Waals surface area contributed by atoms with E-state index >= 15 is 0 Å². The number of hydrogen-bond donors (Lipinski definition) is 2.